The molecule has 2 amide bonds. The van der Waals surface area contributed by atoms with Gasteiger partial charge in [0.25, 0.3) is 5.91 Å². The normalized spacial score (nSPS) is 17.9. The van der Waals surface area contributed by atoms with Crippen molar-refractivity contribution in [2.45, 2.75) is 38.3 Å². The molecule has 2 saturated heterocycles. The molecule has 3 aromatic rings. The van der Waals surface area contributed by atoms with Gasteiger partial charge in [0.1, 0.15) is 34.9 Å². The molecule has 192 valence electrons. The van der Waals surface area contributed by atoms with Gasteiger partial charge in [-0.25, -0.2) is 14.4 Å². The van der Waals surface area contributed by atoms with Gasteiger partial charge < -0.3 is 21.1 Å². The lowest BCUT2D eigenvalue weighted by Crippen LogP contribution is -2.30. The molecule has 0 unspecified atom stereocenters. The zero-order valence-electron chi connectivity index (χ0n) is 20.4. The van der Waals surface area contributed by atoms with Crippen molar-refractivity contribution >= 4 is 17.6 Å². The number of nitrogens with zero attached hydrogens (tertiary/aromatic N) is 3. The van der Waals surface area contributed by atoms with Gasteiger partial charge in [-0.2, -0.15) is 0 Å². The monoisotopic (exact) mass is 504 g/mol. The van der Waals surface area contributed by atoms with Crippen molar-refractivity contribution in [2.24, 2.45) is 5.73 Å². The second-order valence-corrected chi connectivity index (χ2v) is 9.32. The summed E-state index contributed by atoms with van der Waals surface area (Å²) >= 11 is 0. The zero-order chi connectivity index (χ0) is 25.8. The third kappa shape index (κ3) is 6.03. The van der Waals surface area contributed by atoms with Crippen LogP contribution in [0.2, 0.25) is 0 Å². The first-order chi connectivity index (χ1) is 17.9. The number of rotatable bonds is 8. The summed E-state index contributed by atoms with van der Waals surface area (Å²) in [5.74, 6) is 0.701. The fourth-order valence-electron chi connectivity index (χ4n) is 4.62. The van der Waals surface area contributed by atoms with Gasteiger partial charge in [-0.3, -0.25) is 14.5 Å². The second-order valence-electron chi connectivity index (χ2n) is 9.32. The van der Waals surface area contributed by atoms with Crippen molar-refractivity contribution in [3.63, 3.8) is 0 Å². The number of anilines is 1. The standard InChI is InChI=1S/C27H29FN6O3/c28-19-5-7-20(8-6-19)37-23-9-4-17(14-18(23)16-34-12-2-1-3-13-34)26-32-22(25(29)35)15-24(33-26)31-21-10-11-30-27(21)36/h4-9,14-15,21H,1-3,10-13,16H2,(H2,29,35)(H,30,36)(H,31,32,33)/t21-/m0/s1. The molecule has 2 aliphatic heterocycles. The summed E-state index contributed by atoms with van der Waals surface area (Å²) in [4.78, 5) is 35.4. The van der Waals surface area contributed by atoms with Gasteiger partial charge in [0.15, 0.2) is 5.82 Å². The van der Waals surface area contributed by atoms with E-state index in [2.05, 4.69) is 25.5 Å². The van der Waals surface area contributed by atoms with Crippen molar-refractivity contribution in [3.05, 3.63) is 65.6 Å². The number of halogens is 1. The van der Waals surface area contributed by atoms with Crippen LogP contribution in [0.15, 0.2) is 48.5 Å². The molecule has 37 heavy (non-hydrogen) atoms. The molecule has 1 aromatic heterocycles. The number of ether oxygens (including phenoxy) is 1. The zero-order valence-corrected chi connectivity index (χ0v) is 20.4. The average Bonchev–Trinajstić information content (AvgIpc) is 3.30. The van der Waals surface area contributed by atoms with E-state index in [-0.39, 0.29) is 17.4 Å². The summed E-state index contributed by atoms with van der Waals surface area (Å²) in [5, 5.41) is 5.86. The number of aromatic nitrogens is 2. The lowest BCUT2D eigenvalue weighted by molar-refractivity contribution is -0.119. The molecule has 1 atom stereocenters. The molecule has 0 aliphatic carbocycles. The van der Waals surface area contributed by atoms with E-state index in [0.29, 0.717) is 48.2 Å². The van der Waals surface area contributed by atoms with Gasteiger partial charge in [0, 0.05) is 30.3 Å². The molecular formula is C27H29FN6O3. The van der Waals surface area contributed by atoms with Crippen molar-refractivity contribution in [1.29, 1.82) is 0 Å². The van der Waals surface area contributed by atoms with E-state index in [4.69, 9.17) is 10.5 Å². The number of carbonyl (C=O) groups is 2. The molecule has 2 fully saturated rings. The number of likely N-dealkylation sites (tertiary alicyclic amines) is 1. The number of carbonyl (C=O) groups excluding carboxylic acids is 2. The van der Waals surface area contributed by atoms with Crippen LogP contribution in [0.4, 0.5) is 10.2 Å². The first-order valence-corrected chi connectivity index (χ1v) is 12.5. The molecule has 0 radical (unpaired) electrons. The van der Waals surface area contributed by atoms with Crippen LogP contribution in [0.3, 0.4) is 0 Å². The summed E-state index contributed by atoms with van der Waals surface area (Å²) in [5.41, 5.74) is 7.20. The molecule has 0 bridgehead atoms. The Bertz CT molecular complexity index is 1290. The van der Waals surface area contributed by atoms with E-state index in [0.717, 1.165) is 31.5 Å². The first-order valence-electron chi connectivity index (χ1n) is 12.5. The quantitative estimate of drug-likeness (QED) is 0.429. The van der Waals surface area contributed by atoms with Crippen LogP contribution in [-0.4, -0.2) is 52.4 Å². The van der Waals surface area contributed by atoms with E-state index in [1.54, 1.807) is 12.1 Å². The molecule has 2 aliphatic rings. The molecular weight excluding hydrogens is 475 g/mol. The molecule has 0 saturated carbocycles. The fourth-order valence-corrected chi connectivity index (χ4v) is 4.62. The number of benzene rings is 2. The SMILES string of the molecule is NC(=O)c1cc(N[C@H]2CCNC2=O)nc(-c2ccc(Oc3ccc(F)cc3)c(CN3CCCCC3)c2)n1. The van der Waals surface area contributed by atoms with Crippen molar-refractivity contribution in [1.82, 2.24) is 20.2 Å². The maximum absolute atomic E-state index is 13.4. The van der Waals surface area contributed by atoms with E-state index in [1.165, 1.54) is 24.6 Å². The number of primary amides is 1. The molecule has 3 heterocycles. The lowest BCUT2D eigenvalue weighted by atomic mass is 10.1. The Morgan fingerprint density at radius 3 is 2.59 bits per heavy atom. The highest BCUT2D eigenvalue weighted by Crippen LogP contribution is 2.31. The summed E-state index contributed by atoms with van der Waals surface area (Å²) in [7, 11) is 0. The molecule has 5 rings (SSSR count). The molecule has 4 N–H and O–H groups in total. The minimum Gasteiger partial charge on any atom is -0.457 e. The van der Waals surface area contributed by atoms with E-state index in [1.807, 2.05) is 18.2 Å². The summed E-state index contributed by atoms with van der Waals surface area (Å²) < 4.78 is 19.5. The summed E-state index contributed by atoms with van der Waals surface area (Å²) in [6, 6.07) is 12.5. The Labute approximate surface area is 214 Å². The summed E-state index contributed by atoms with van der Waals surface area (Å²) in [6.45, 7) is 3.22. The molecule has 0 spiro atoms. The van der Waals surface area contributed by atoms with Crippen LogP contribution < -0.4 is 21.1 Å². The van der Waals surface area contributed by atoms with Crippen molar-refractivity contribution in [2.75, 3.05) is 25.0 Å². The van der Waals surface area contributed by atoms with Crippen LogP contribution >= 0.6 is 0 Å². The van der Waals surface area contributed by atoms with Crippen LogP contribution in [-0.2, 0) is 11.3 Å². The van der Waals surface area contributed by atoms with Crippen molar-refractivity contribution in [3.8, 4) is 22.9 Å². The third-order valence-corrected chi connectivity index (χ3v) is 6.55. The molecule has 9 nitrogen and oxygen atoms in total. The summed E-state index contributed by atoms with van der Waals surface area (Å²) in [6.07, 6.45) is 4.11. The Kier molecular flexibility index (Phi) is 7.27. The van der Waals surface area contributed by atoms with Gasteiger partial charge in [0.05, 0.1) is 0 Å². The minimum atomic E-state index is -0.688. The Morgan fingerprint density at radius 2 is 1.89 bits per heavy atom. The Morgan fingerprint density at radius 1 is 1.11 bits per heavy atom. The molecule has 2 aromatic carbocycles. The van der Waals surface area contributed by atoms with Crippen molar-refractivity contribution < 1.29 is 18.7 Å². The Balaban J connectivity index is 1.49. The molecule has 10 heteroatoms. The number of amides is 2. The fraction of sp³-hybridized carbons (Fsp3) is 0.333. The number of piperidine rings is 1. The number of hydrogen-bond donors (Lipinski definition) is 3. The minimum absolute atomic E-state index is 0.0510. The third-order valence-electron chi connectivity index (χ3n) is 6.55. The highest BCUT2D eigenvalue weighted by Gasteiger charge is 2.25. The maximum Gasteiger partial charge on any atom is 0.267 e. The predicted molar refractivity (Wildman–Crippen MR) is 137 cm³/mol. The van der Waals surface area contributed by atoms with Gasteiger partial charge in [-0.15, -0.1) is 0 Å². The second kappa shape index (κ2) is 10.9. The Hall–Kier alpha value is -4.05. The lowest BCUT2D eigenvalue weighted by Gasteiger charge is -2.27. The maximum atomic E-state index is 13.4. The van der Waals surface area contributed by atoms with Gasteiger partial charge >= 0.3 is 0 Å². The van der Waals surface area contributed by atoms with Gasteiger partial charge in [-0.05, 0) is 74.8 Å². The van der Waals surface area contributed by atoms with E-state index >= 15 is 0 Å². The number of nitrogens with one attached hydrogen (secondary N) is 2. The van der Waals surface area contributed by atoms with E-state index < -0.39 is 11.9 Å². The van der Waals surface area contributed by atoms with Crippen LogP contribution in [0.1, 0.15) is 41.7 Å². The largest absolute Gasteiger partial charge is 0.457 e. The van der Waals surface area contributed by atoms with Crippen LogP contribution in [0.5, 0.6) is 11.5 Å². The topological polar surface area (TPSA) is 122 Å². The van der Waals surface area contributed by atoms with Gasteiger partial charge in [-0.1, -0.05) is 6.42 Å². The smallest absolute Gasteiger partial charge is 0.267 e. The van der Waals surface area contributed by atoms with E-state index in [9.17, 15) is 14.0 Å². The highest BCUT2D eigenvalue weighted by atomic mass is 19.1. The van der Waals surface area contributed by atoms with Gasteiger partial charge in [0.2, 0.25) is 5.91 Å². The highest BCUT2D eigenvalue weighted by molar-refractivity contribution is 5.92. The average molecular weight is 505 g/mol. The first kappa shape index (κ1) is 24.6. The number of hydrogen-bond acceptors (Lipinski definition) is 7. The van der Waals surface area contributed by atoms with Crippen LogP contribution in [0.25, 0.3) is 11.4 Å². The predicted octanol–water partition coefficient (Wildman–Crippen LogP) is 3.46. The number of nitrogens with two attached hydrogens (primary N) is 1. The van der Waals surface area contributed by atoms with Crippen LogP contribution in [0, 0.1) is 5.82 Å².